The molecule has 0 bridgehead atoms. The standard InChI is InChI=1S/C17H22ClN3O2S/c1-13-16(17(18)20(2)19-13)24(22,23)21-11-7-6-10-15(21)12-14-8-4-3-5-9-14/h3-5,8-9,15H,6-7,10-12H2,1-2H3. The van der Waals surface area contributed by atoms with Crippen molar-refractivity contribution in [2.45, 2.75) is 43.5 Å². The Morgan fingerprint density at radius 2 is 1.96 bits per heavy atom. The minimum Gasteiger partial charge on any atom is -0.255 e. The molecule has 0 aliphatic carbocycles. The van der Waals surface area contributed by atoms with Crippen molar-refractivity contribution in [2.75, 3.05) is 6.54 Å². The molecular formula is C17H22ClN3O2S. The molecule has 1 aliphatic heterocycles. The smallest absolute Gasteiger partial charge is 0.248 e. The zero-order valence-corrected chi connectivity index (χ0v) is 15.5. The summed E-state index contributed by atoms with van der Waals surface area (Å²) in [6, 6.07) is 9.99. The van der Waals surface area contributed by atoms with Gasteiger partial charge in [0.25, 0.3) is 0 Å². The highest BCUT2D eigenvalue weighted by molar-refractivity contribution is 7.89. The third-order valence-corrected chi connectivity index (χ3v) is 7.20. The maximum atomic E-state index is 13.2. The summed E-state index contributed by atoms with van der Waals surface area (Å²) in [5.74, 6) is 0. The minimum absolute atomic E-state index is 0.0400. The van der Waals surface area contributed by atoms with Crippen LogP contribution in [0.3, 0.4) is 0 Å². The molecule has 3 rings (SSSR count). The Kier molecular flexibility index (Phi) is 4.99. The summed E-state index contributed by atoms with van der Waals surface area (Å²) in [5, 5.41) is 4.34. The van der Waals surface area contributed by atoms with E-state index in [2.05, 4.69) is 5.10 Å². The van der Waals surface area contributed by atoms with Crippen molar-refractivity contribution in [3.05, 3.63) is 46.7 Å². The van der Waals surface area contributed by atoms with Crippen molar-refractivity contribution < 1.29 is 8.42 Å². The number of aromatic nitrogens is 2. The van der Waals surface area contributed by atoms with Crippen LogP contribution in [0.4, 0.5) is 0 Å². The molecule has 2 heterocycles. The van der Waals surface area contributed by atoms with Crippen LogP contribution in [0.15, 0.2) is 35.2 Å². The predicted octanol–water partition coefficient (Wildman–Crippen LogP) is 3.17. The Labute approximate surface area is 148 Å². The maximum absolute atomic E-state index is 13.2. The molecule has 2 aromatic rings. The summed E-state index contributed by atoms with van der Waals surface area (Å²) in [6.07, 6.45) is 3.51. The zero-order valence-electron chi connectivity index (χ0n) is 13.9. The van der Waals surface area contributed by atoms with E-state index < -0.39 is 10.0 Å². The molecule has 1 atom stereocenters. The molecule has 7 heteroatoms. The summed E-state index contributed by atoms with van der Waals surface area (Å²) >= 11 is 6.22. The van der Waals surface area contributed by atoms with Gasteiger partial charge in [0.1, 0.15) is 10.0 Å². The minimum atomic E-state index is -3.65. The summed E-state index contributed by atoms with van der Waals surface area (Å²) in [7, 11) is -2.00. The maximum Gasteiger partial charge on any atom is 0.248 e. The molecule has 1 aliphatic rings. The van der Waals surface area contributed by atoms with Gasteiger partial charge in [-0.15, -0.1) is 0 Å². The van der Waals surface area contributed by atoms with E-state index in [4.69, 9.17) is 11.6 Å². The molecule has 1 aromatic heterocycles. The van der Waals surface area contributed by atoms with Crippen LogP contribution < -0.4 is 0 Å². The van der Waals surface area contributed by atoms with Gasteiger partial charge in [-0.1, -0.05) is 48.4 Å². The van der Waals surface area contributed by atoms with E-state index in [0.29, 0.717) is 12.2 Å². The van der Waals surface area contributed by atoms with Crippen LogP contribution in [0.1, 0.15) is 30.5 Å². The number of nitrogens with zero attached hydrogens (tertiary/aromatic N) is 3. The second-order valence-electron chi connectivity index (χ2n) is 6.28. The molecule has 0 N–H and O–H groups in total. The third kappa shape index (κ3) is 3.23. The SMILES string of the molecule is Cc1nn(C)c(Cl)c1S(=O)(=O)N1CCCCC1Cc1ccccc1. The Hall–Kier alpha value is -1.37. The normalized spacial score (nSPS) is 19.5. The zero-order chi connectivity index (χ0) is 17.3. The number of hydrogen-bond donors (Lipinski definition) is 0. The fraction of sp³-hybridized carbons (Fsp3) is 0.471. The highest BCUT2D eigenvalue weighted by Crippen LogP contribution is 2.32. The van der Waals surface area contributed by atoms with Gasteiger partial charge in [0.05, 0.1) is 5.69 Å². The second kappa shape index (κ2) is 6.86. The van der Waals surface area contributed by atoms with E-state index in [0.717, 1.165) is 31.2 Å². The lowest BCUT2D eigenvalue weighted by Gasteiger charge is -2.34. The van der Waals surface area contributed by atoms with E-state index in [1.54, 1.807) is 18.3 Å². The molecule has 0 spiro atoms. The molecular weight excluding hydrogens is 346 g/mol. The van der Waals surface area contributed by atoms with Crippen LogP contribution >= 0.6 is 11.6 Å². The lowest BCUT2D eigenvalue weighted by molar-refractivity contribution is 0.251. The van der Waals surface area contributed by atoms with Crippen LogP contribution in [0.5, 0.6) is 0 Å². The van der Waals surface area contributed by atoms with Crippen LogP contribution in [0, 0.1) is 6.92 Å². The van der Waals surface area contributed by atoms with Gasteiger partial charge < -0.3 is 0 Å². The number of hydrogen-bond acceptors (Lipinski definition) is 3. The number of piperidine rings is 1. The monoisotopic (exact) mass is 367 g/mol. The molecule has 1 unspecified atom stereocenters. The van der Waals surface area contributed by atoms with E-state index in [-0.39, 0.29) is 16.1 Å². The van der Waals surface area contributed by atoms with Crippen LogP contribution in [0.2, 0.25) is 5.15 Å². The first-order chi connectivity index (χ1) is 11.4. The van der Waals surface area contributed by atoms with Gasteiger partial charge in [0.2, 0.25) is 10.0 Å². The topological polar surface area (TPSA) is 55.2 Å². The van der Waals surface area contributed by atoms with E-state index in [1.165, 1.54) is 4.68 Å². The molecule has 1 aromatic carbocycles. The lowest BCUT2D eigenvalue weighted by Crippen LogP contribution is -2.44. The molecule has 5 nitrogen and oxygen atoms in total. The lowest BCUT2D eigenvalue weighted by atomic mass is 9.98. The summed E-state index contributed by atoms with van der Waals surface area (Å²) in [5.41, 5.74) is 1.60. The van der Waals surface area contributed by atoms with Crippen molar-refractivity contribution in [1.82, 2.24) is 14.1 Å². The van der Waals surface area contributed by atoms with Crippen molar-refractivity contribution in [3.8, 4) is 0 Å². The van der Waals surface area contributed by atoms with Crippen molar-refractivity contribution >= 4 is 21.6 Å². The first kappa shape index (κ1) is 17.5. The third-order valence-electron chi connectivity index (χ3n) is 4.55. The average molecular weight is 368 g/mol. The van der Waals surface area contributed by atoms with E-state index in [9.17, 15) is 8.42 Å². The van der Waals surface area contributed by atoms with Crippen LogP contribution in [-0.2, 0) is 23.5 Å². The molecule has 0 amide bonds. The van der Waals surface area contributed by atoms with E-state index in [1.807, 2.05) is 30.3 Å². The molecule has 0 saturated carbocycles. The number of aryl methyl sites for hydroxylation is 2. The quantitative estimate of drug-likeness (QED) is 0.834. The Bertz CT molecular complexity index is 818. The predicted molar refractivity (Wildman–Crippen MR) is 94.6 cm³/mol. The summed E-state index contributed by atoms with van der Waals surface area (Å²) in [6.45, 7) is 2.22. The van der Waals surface area contributed by atoms with Gasteiger partial charge in [0.15, 0.2) is 0 Å². The molecule has 0 radical (unpaired) electrons. The van der Waals surface area contributed by atoms with Gasteiger partial charge in [-0.05, 0) is 31.7 Å². The van der Waals surface area contributed by atoms with Gasteiger partial charge in [-0.25, -0.2) is 8.42 Å². The second-order valence-corrected chi connectivity index (χ2v) is 8.47. The number of rotatable bonds is 4. The van der Waals surface area contributed by atoms with Gasteiger partial charge in [0, 0.05) is 19.6 Å². The molecule has 1 fully saturated rings. The molecule has 130 valence electrons. The fourth-order valence-corrected chi connectivity index (χ4v) is 5.80. The molecule has 1 saturated heterocycles. The molecule has 24 heavy (non-hydrogen) atoms. The highest BCUT2D eigenvalue weighted by atomic mass is 35.5. The van der Waals surface area contributed by atoms with Crippen molar-refractivity contribution in [3.63, 3.8) is 0 Å². The summed E-state index contributed by atoms with van der Waals surface area (Å²) in [4.78, 5) is 0.145. The summed E-state index contributed by atoms with van der Waals surface area (Å²) < 4.78 is 29.5. The van der Waals surface area contributed by atoms with Gasteiger partial charge in [-0.3, -0.25) is 4.68 Å². The van der Waals surface area contributed by atoms with Crippen molar-refractivity contribution in [1.29, 1.82) is 0 Å². The number of halogens is 1. The van der Waals surface area contributed by atoms with Crippen LogP contribution in [-0.4, -0.2) is 35.1 Å². The van der Waals surface area contributed by atoms with Gasteiger partial charge in [-0.2, -0.15) is 9.40 Å². The Balaban J connectivity index is 1.95. The Morgan fingerprint density at radius 1 is 1.25 bits per heavy atom. The van der Waals surface area contributed by atoms with Crippen LogP contribution in [0.25, 0.3) is 0 Å². The average Bonchev–Trinajstić information content (AvgIpc) is 2.82. The fourth-order valence-electron chi connectivity index (χ4n) is 3.40. The Morgan fingerprint density at radius 3 is 2.58 bits per heavy atom. The van der Waals surface area contributed by atoms with Crippen molar-refractivity contribution in [2.24, 2.45) is 7.05 Å². The van der Waals surface area contributed by atoms with Gasteiger partial charge >= 0.3 is 0 Å². The number of benzene rings is 1. The van der Waals surface area contributed by atoms with E-state index >= 15 is 0 Å². The first-order valence-corrected chi connectivity index (χ1v) is 9.98. The largest absolute Gasteiger partial charge is 0.255 e. The first-order valence-electron chi connectivity index (χ1n) is 8.16. The number of sulfonamides is 1. The highest BCUT2D eigenvalue weighted by Gasteiger charge is 2.37.